The van der Waals surface area contributed by atoms with Crippen molar-refractivity contribution in [2.45, 2.75) is 0 Å². The van der Waals surface area contributed by atoms with Gasteiger partial charge >= 0.3 is 5.88 Å². The Morgan fingerprint density at radius 2 is 2.32 bits per heavy atom. The lowest BCUT2D eigenvalue weighted by atomic mass is 10.4. The van der Waals surface area contributed by atoms with Gasteiger partial charge in [0.25, 0.3) is 0 Å². The van der Waals surface area contributed by atoms with Crippen LogP contribution >= 0.6 is 0 Å². The minimum absolute atomic E-state index is 0.0744. The summed E-state index contributed by atoms with van der Waals surface area (Å²) in [5.74, 6) is -0.0971. The Hall–Kier alpha value is -3.10. The second kappa shape index (κ2) is 5.49. The normalized spacial score (nSPS) is 11.9. The van der Waals surface area contributed by atoms with Crippen LogP contribution in [-0.2, 0) is 0 Å². The van der Waals surface area contributed by atoms with Crippen molar-refractivity contribution in [2.75, 3.05) is 0 Å². The van der Waals surface area contributed by atoms with E-state index in [1.165, 1.54) is 36.9 Å². The predicted octanol–water partition coefficient (Wildman–Crippen LogP) is 0.717. The van der Waals surface area contributed by atoms with E-state index in [0.717, 1.165) is 0 Å². The zero-order valence-corrected chi connectivity index (χ0v) is 9.50. The van der Waals surface area contributed by atoms with Crippen molar-refractivity contribution < 1.29 is 9.34 Å². The minimum Gasteiger partial charge on any atom is -0.400 e. The van der Waals surface area contributed by atoms with Crippen LogP contribution in [0.25, 0.3) is 0 Å². The summed E-state index contributed by atoms with van der Waals surface area (Å²) in [6, 6.07) is 2.62. The maximum absolute atomic E-state index is 10.4. The van der Waals surface area contributed by atoms with Crippen molar-refractivity contribution in [3.05, 3.63) is 52.3 Å². The fourth-order valence-corrected chi connectivity index (χ4v) is 1.14. The summed E-state index contributed by atoms with van der Waals surface area (Å²) in [5.41, 5.74) is 5.99. The van der Waals surface area contributed by atoms with E-state index in [1.807, 2.05) is 0 Å². The number of nitro groups is 1. The Bertz CT molecular complexity index is 634. The molecule has 0 aliphatic carbocycles. The van der Waals surface area contributed by atoms with Crippen molar-refractivity contribution in [2.24, 2.45) is 15.9 Å². The number of hydrogen-bond acceptors (Lipinski definition) is 7. The highest BCUT2D eigenvalue weighted by Crippen LogP contribution is 2.13. The average Bonchev–Trinajstić information content (AvgIpc) is 2.89. The van der Waals surface area contributed by atoms with Crippen LogP contribution in [0.1, 0.15) is 11.5 Å². The van der Waals surface area contributed by atoms with Crippen molar-refractivity contribution >= 4 is 17.9 Å². The zero-order chi connectivity index (χ0) is 13.7. The molecule has 0 saturated carbocycles. The molecular weight excluding hydrogens is 252 g/mol. The fourth-order valence-electron chi connectivity index (χ4n) is 1.14. The van der Waals surface area contributed by atoms with E-state index in [0.29, 0.717) is 5.69 Å². The molecule has 0 fully saturated rings. The van der Waals surface area contributed by atoms with E-state index in [9.17, 15) is 10.1 Å². The second-order valence-electron chi connectivity index (χ2n) is 3.25. The summed E-state index contributed by atoms with van der Waals surface area (Å²) < 4.78 is 4.85. The first kappa shape index (κ1) is 12.4. The van der Waals surface area contributed by atoms with Gasteiger partial charge in [-0.05, 0) is 6.07 Å². The van der Waals surface area contributed by atoms with Crippen LogP contribution in [0.2, 0.25) is 0 Å². The van der Waals surface area contributed by atoms with E-state index in [4.69, 9.17) is 10.2 Å². The highest BCUT2D eigenvalue weighted by molar-refractivity contribution is 5.95. The third-order valence-electron chi connectivity index (χ3n) is 1.97. The largest absolute Gasteiger partial charge is 0.433 e. The SMILES string of the molecule is NC(=NN=Cc1ccc([N+](=O)[O-])o1)c1cnccn1. The summed E-state index contributed by atoms with van der Waals surface area (Å²) >= 11 is 0. The van der Waals surface area contributed by atoms with Gasteiger partial charge < -0.3 is 10.2 Å². The highest BCUT2D eigenvalue weighted by atomic mass is 16.6. The monoisotopic (exact) mass is 260 g/mol. The Kier molecular flexibility index (Phi) is 3.57. The molecule has 2 aromatic rings. The molecule has 0 aromatic carbocycles. The molecule has 0 bridgehead atoms. The number of rotatable bonds is 4. The quantitative estimate of drug-likeness (QED) is 0.372. The minimum atomic E-state index is -0.644. The molecule has 0 radical (unpaired) electrons. The third kappa shape index (κ3) is 3.19. The van der Waals surface area contributed by atoms with Gasteiger partial charge in [-0.25, -0.2) is 4.98 Å². The van der Waals surface area contributed by atoms with Gasteiger partial charge in [-0.15, -0.1) is 5.10 Å². The molecule has 2 heterocycles. The molecule has 0 aliphatic heterocycles. The van der Waals surface area contributed by atoms with Crippen LogP contribution in [0.15, 0.2) is 45.3 Å². The molecule has 9 nitrogen and oxygen atoms in total. The molecule has 0 spiro atoms. The molecule has 2 rings (SSSR count). The van der Waals surface area contributed by atoms with Crippen molar-refractivity contribution in [1.82, 2.24) is 9.97 Å². The van der Waals surface area contributed by atoms with E-state index in [2.05, 4.69) is 20.2 Å². The van der Waals surface area contributed by atoms with E-state index < -0.39 is 4.92 Å². The van der Waals surface area contributed by atoms with Crippen molar-refractivity contribution in [1.29, 1.82) is 0 Å². The van der Waals surface area contributed by atoms with Crippen LogP contribution in [0.5, 0.6) is 0 Å². The third-order valence-corrected chi connectivity index (χ3v) is 1.97. The molecule has 0 unspecified atom stereocenters. The second-order valence-corrected chi connectivity index (χ2v) is 3.25. The number of nitrogens with two attached hydrogens (primary N) is 1. The first-order valence-corrected chi connectivity index (χ1v) is 5.04. The molecule has 9 heteroatoms. The van der Waals surface area contributed by atoms with Crippen LogP contribution in [0, 0.1) is 10.1 Å². The van der Waals surface area contributed by atoms with Gasteiger partial charge in [0.15, 0.2) is 11.6 Å². The molecule has 2 N–H and O–H groups in total. The highest BCUT2D eigenvalue weighted by Gasteiger charge is 2.10. The van der Waals surface area contributed by atoms with Crippen LogP contribution < -0.4 is 5.73 Å². The Morgan fingerprint density at radius 1 is 1.47 bits per heavy atom. The first-order chi connectivity index (χ1) is 9.16. The van der Waals surface area contributed by atoms with Gasteiger partial charge in [-0.2, -0.15) is 5.10 Å². The fraction of sp³-hybridized carbons (Fsp3) is 0. The summed E-state index contributed by atoms with van der Waals surface area (Å²) in [5, 5.41) is 17.7. The lowest BCUT2D eigenvalue weighted by Crippen LogP contribution is -2.14. The molecular formula is C10H8N6O3. The van der Waals surface area contributed by atoms with Crippen LogP contribution in [0.4, 0.5) is 5.88 Å². The van der Waals surface area contributed by atoms with Crippen molar-refractivity contribution in [3.63, 3.8) is 0 Å². The molecule has 0 atom stereocenters. The molecule has 2 aromatic heterocycles. The standard InChI is InChI=1S/C10H8N6O3/c11-10(8-6-12-3-4-13-8)15-14-5-7-1-2-9(19-7)16(17)18/h1-6H,(H2,11,15). The van der Waals surface area contributed by atoms with Gasteiger partial charge in [0.2, 0.25) is 0 Å². The average molecular weight is 260 g/mol. The predicted molar refractivity (Wildman–Crippen MR) is 65.7 cm³/mol. The van der Waals surface area contributed by atoms with Gasteiger partial charge in [0.1, 0.15) is 10.6 Å². The van der Waals surface area contributed by atoms with E-state index in [-0.39, 0.29) is 17.5 Å². The number of furan rings is 1. The topological polar surface area (TPSA) is 133 Å². The molecule has 19 heavy (non-hydrogen) atoms. The van der Waals surface area contributed by atoms with E-state index >= 15 is 0 Å². The van der Waals surface area contributed by atoms with Crippen molar-refractivity contribution in [3.8, 4) is 0 Å². The van der Waals surface area contributed by atoms with Crippen LogP contribution in [0.3, 0.4) is 0 Å². The smallest absolute Gasteiger partial charge is 0.400 e. The summed E-state index contributed by atoms with van der Waals surface area (Å²) in [6.45, 7) is 0. The van der Waals surface area contributed by atoms with Gasteiger partial charge in [0.05, 0.1) is 18.5 Å². The molecule has 0 aliphatic rings. The Balaban J connectivity index is 2.08. The first-order valence-electron chi connectivity index (χ1n) is 5.04. The number of hydrogen-bond donors (Lipinski definition) is 1. The summed E-state index contributed by atoms with van der Waals surface area (Å²) in [7, 11) is 0. The zero-order valence-electron chi connectivity index (χ0n) is 9.50. The van der Waals surface area contributed by atoms with Gasteiger partial charge in [-0.1, -0.05) is 0 Å². The van der Waals surface area contributed by atoms with Crippen LogP contribution in [-0.4, -0.2) is 26.9 Å². The molecule has 96 valence electrons. The number of nitrogens with zero attached hydrogens (tertiary/aromatic N) is 5. The summed E-state index contributed by atoms with van der Waals surface area (Å²) in [4.78, 5) is 17.5. The maximum atomic E-state index is 10.4. The Labute approximate surface area is 106 Å². The molecule has 0 saturated heterocycles. The maximum Gasteiger partial charge on any atom is 0.433 e. The lowest BCUT2D eigenvalue weighted by molar-refractivity contribution is -0.402. The summed E-state index contributed by atoms with van der Waals surface area (Å²) in [6.07, 6.45) is 5.61. The van der Waals surface area contributed by atoms with Gasteiger partial charge in [0, 0.05) is 12.4 Å². The number of aromatic nitrogens is 2. The lowest BCUT2D eigenvalue weighted by Gasteiger charge is -1.94. The molecule has 0 amide bonds. The Morgan fingerprint density at radius 3 is 2.95 bits per heavy atom. The number of amidine groups is 1. The van der Waals surface area contributed by atoms with E-state index in [1.54, 1.807) is 0 Å². The van der Waals surface area contributed by atoms with Gasteiger partial charge in [-0.3, -0.25) is 15.1 Å².